The van der Waals surface area contributed by atoms with E-state index in [2.05, 4.69) is 86.0 Å². The number of hydrogen-bond acceptors (Lipinski definition) is 3. The molecule has 1 aliphatic rings. The average molecular weight is 351 g/mol. The lowest BCUT2D eigenvalue weighted by molar-refractivity contribution is 0.279. The molecule has 1 unspecified atom stereocenters. The first-order chi connectivity index (χ1) is 10.8. The Balaban J connectivity index is 2.50. The van der Waals surface area contributed by atoms with E-state index in [4.69, 9.17) is 9.05 Å². The fraction of sp³-hybridized carbons (Fsp3) is 0.700. The Kier molecular flexibility index (Phi) is 5.29. The van der Waals surface area contributed by atoms with Gasteiger partial charge in [0.2, 0.25) is 0 Å². The molecule has 1 aromatic carbocycles. The van der Waals surface area contributed by atoms with Crippen LogP contribution in [0, 0.1) is 0 Å². The Labute approximate surface area is 149 Å². The van der Waals surface area contributed by atoms with Gasteiger partial charge >= 0.3 is 8.53 Å². The number of benzene rings is 1. The molecule has 0 aromatic heterocycles. The van der Waals surface area contributed by atoms with Gasteiger partial charge in [0.05, 0.1) is 0 Å². The van der Waals surface area contributed by atoms with Crippen molar-refractivity contribution in [1.82, 2.24) is 4.67 Å². The summed E-state index contributed by atoms with van der Waals surface area (Å²) in [7, 11) is -1.09. The van der Waals surface area contributed by atoms with Gasteiger partial charge in [-0.2, -0.15) is 0 Å². The van der Waals surface area contributed by atoms with E-state index >= 15 is 0 Å². The minimum atomic E-state index is -1.09. The molecule has 1 aliphatic heterocycles. The summed E-state index contributed by atoms with van der Waals surface area (Å²) in [6.45, 7) is 22.2. The lowest BCUT2D eigenvalue weighted by atomic mass is 9.80. The van der Waals surface area contributed by atoms with E-state index in [-0.39, 0.29) is 10.8 Å². The molecule has 1 heterocycles. The van der Waals surface area contributed by atoms with Crippen LogP contribution in [0.15, 0.2) is 12.1 Å². The maximum atomic E-state index is 6.39. The third-order valence-electron chi connectivity index (χ3n) is 4.32. The molecule has 24 heavy (non-hydrogen) atoms. The van der Waals surface area contributed by atoms with Crippen LogP contribution in [0.5, 0.6) is 11.5 Å². The van der Waals surface area contributed by atoms with Crippen LogP contribution in [0.2, 0.25) is 0 Å². The van der Waals surface area contributed by atoms with Crippen molar-refractivity contribution in [3.63, 3.8) is 0 Å². The molecule has 0 radical (unpaired) electrons. The van der Waals surface area contributed by atoms with E-state index in [0.717, 1.165) is 11.5 Å². The third kappa shape index (κ3) is 3.89. The highest BCUT2D eigenvalue weighted by Gasteiger charge is 2.39. The van der Waals surface area contributed by atoms with Crippen LogP contribution in [0.25, 0.3) is 0 Å². The summed E-state index contributed by atoms with van der Waals surface area (Å²) < 4.78 is 15.0. The topological polar surface area (TPSA) is 21.7 Å². The Morgan fingerprint density at radius 1 is 0.833 bits per heavy atom. The van der Waals surface area contributed by atoms with Crippen LogP contribution in [0.4, 0.5) is 0 Å². The molecule has 0 saturated heterocycles. The molecule has 2 rings (SSSR count). The predicted octanol–water partition coefficient (Wildman–Crippen LogP) is 6.40. The quantitative estimate of drug-likeness (QED) is 0.588. The van der Waals surface area contributed by atoms with E-state index < -0.39 is 8.53 Å². The highest BCUT2D eigenvalue weighted by Crippen LogP contribution is 2.59. The Morgan fingerprint density at radius 2 is 1.38 bits per heavy atom. The van der Waals surface area contributed by atoms with Gasteiger partial charge < -0.3 is 9.05 Å². The van der Waals surface area contributed by atoms with Crippen LogP contribution < -0.4 is 9.05 Å². The van der Waals surface area contributed by atoms with E-state index in [1.54, 1.807) is 0 Å². The maximum Gasteiger partial charge on any atom is 0.385 e. The summed E-state index contributed by atoms with van der Waals surface area (Å²) in [6, 6.07) is 5.23. The molecular formula is C20H34NO2P. The first-order valence-electron chi connectivity index (χ1n) is 8.95. The summed E-state index contributed by atoms with van der Waals surface area (Å²) in [4.78, 5) is 0. The van der Waals surface area contributed by atoms with Crippen molar-refractivity contribution in [1.29, 1.82) is 0 Å². The highest BCUT2D eigenvalue weighted by atomic mass is 31.2. The molecular weight excluding hydrogens is 317 g/mol. The second-order valence-electron chi connectivity index (χ2n) is 9.34. The van der Waals surface area contributed by atoms with Gasteiger partial charge in [0.25, 0.3) is 0 Å². The average Bonchev–Trinajstić information content (AvgIpc) is 2.76. The Bertz CT molecular complexity index is 589. The molecule has 0 bridgehead atoms. The van der Waals surface area contributed by atoms with E-state index in [0.29, 0.717) is 12.1 Å². The standard InChI is InChI=1S/C20H34NO2P/c1-13(2)21(14(3)4)24-22-17-12-15(19(5,6)7)11-16(18(17)23-24)20(8,9)10/h11-14H,1-10H3. The molecule has 0 fully saturated rings. The highest BCUT2D eigenvalue weighted by molar-refractivity contribution is 7.45. The summed E-state index contributed by atoms with van der Waals surface area (Å²) >= 11 is 0. The van der Waals surface area contributed by atoms with Crippen molar-refractivity contribution in [2.45, 2.75) is 92.2 Å². The van der Waals surface area contributed by atoms with Crippen LogP contribution in [0.1, 0.15) is 80.4 Å². The van der Waals surface area contributed by atoms with E-state index in [9.17, 15) is 0 Å². The third-order valence-corrected chi connectivity index (χ3v) is 6.31. The molecule has 1 aromatic rings. The van der Waals surface area contributed by atoms with Crippen molar-refractivity contribution in [3.05, 3.63) is 23.3 Å². The van der Waals surface area contributed by atoms with Crippen LogP contribution in [-0.4, -0.2) is 16.8 Å². The van der Waals surface area contributed by atoms with Gasteiger partial charge in [-0.3, -0.25) is 0 Å². The minimum Gasteiger partial charge on any atom is -0.423 e. The molecule has 0 N–H and O–H groups in total. The van der Waals surface area contributed by atoms with E-state index in [1.165, 1.54) is 11.1 Å². The molecule has 136 valence electrons. The minimum absolute atomic E-state index is 0.0144. The zero-order valence-electron chi connectivity index (χ0n) is 17.0. The number of nitrogens with zero attached hydrogens (tertiary/aromatic N) is 1. The van der Waals surface area contributed by atoms with Gasteiger partial charge in [0.15, 0.2) is 11.5 Å². The summed E-state index contributed by atoms with van der Waals surface area (Å²) in [5, 5.41) is 0. The molecule has 0 aliphatic carbocycles. The monoisotopic (exact) mass is 351 g/mol. The molecule has 4 heteroatoms. The normalized spacial score (nSPS) is 18.1. The van der Waals surface area contributed by atoms with Crippen LogP contribution >= 0.6 is 8.53 Å². The van der Waals surface area contributed by atoms with Gasteiger partial charge in [-0.1, -0.05) is 47.6 Å². The number of rotatable bonds is 3. The fourth-order valence-corrected chi connectivity index (χ4v) is 4.63. The summed E-state index contributed by atoms with van der Waals surface area (Å²) in [5.74, 6) is 1.85. The largest absolute Gasteiger partial charge is 0.423 e. The second-order valence-corrected chi connectivity index (χ2v) is 10.6. The molecule has 0 amide bonds. The maximum absolute atomic E-state index is 6.39. The van der Waals surface area contributed by atoms with Gasteiger partial charge in [0.1, 0.15) is 0 Å². The van der Waals surface area contributed by atoms with Gasteiger partial charge in [-0.25, -0.2) is 4.67 Å². The van der Waals surface area contributed by atoms with Gasteiger partial charge in [0, 0.05) is 17.6 Å². The van der Waals surface area contributed by atoms with Crippen molar-refractivity contribution in [2.24, 2.45) is 0 Å². The first-order valence-corrected chi connectivity index (χ1v) is 10.1. The second kappa shape index (κ2) is 6.50. The predicted molar refractivity (Wildman–Crippen MR) is 104 cm³/mol. The lowest BCUT2D eigenvalue weighted by Gasteiger charge is -2.31. The zero-order valence-corrected chi connectivity index (χ0v) is 17.9. The van der Waals surface area contributed by atoms with Gasteiger partial charge in [-0.05, 0) is 50.2 Å². The Morgan fingerprint density at radius 3 is 1.79 bits per heavy atom. The molecule has 0 spiro atoms. The van der Waals surface area contributed by atoms with Crippen molar-refractivity contribution in [3.8, 4) is 11.5 Å². The molecule has 1 atom stereocenters. The lowest BCUT2D eigenvalue weighted by Crippen LogP contribution is -2.34. The molecule has 3 nitrogen and oxygen atoms in total. The number of hydrogen-bond donors (Lipinski definition) is 0. The van der Waals surface area contributed by atoms with Crippen LogP contribution in [0.3, 0.4) is 0 Å². The van der Waals surface area contributed by atoms with Crippen LogP contribution in [-0.2, 0) is 10.8 Å². The Hall–Kier alpha value is -0.790. The van der Waals surface area contributed by atoms with Crippen molar-refractivity contribution < 1.29 is 9.05 Å². The smallest absolute Gasteiger partial charge is 0.385 e. The van der Waals surface area contributed by atoms with Gasteiger partial charge in [-0.15, -0.1) is 0 Å². The first kappa shape index (κ1) is 19.5. The SMILES string of the molecule is CC(C)N(C(C)C)P1Oc2cc(C(C)(C)C)cc(C(C)(C)C)c2O1. The summed E-state index contributed by atoms with van der Waals surface area (Å²) in [5.41, 5.74) is 2.63. The number of fused-ring (bicyclic) bond motifs is 1. The van der Waals surface area contributed by atoms with Crippen molar-refractivity contribution >= 4 is 8.53 Å². The van der Waals surface area contributed by atoms with E-state index in [1.807, 2.05) is 0 Å². The summed E-state index contributed by atoms with van der Waals surface area (Å²) in [6.07, 6.45) is 0. The zero-order chi connectivity index (χ0) is 18.4. The molecule has 0 saturated carbocycles. The van der Waals surface area contributed by atoms with Crippen molar-refractivity contribution in [2.75, 3.05) is 0 Å². The fourth-order valence-electron chi connectivity index (χ4n) is 3.00.